The Hall–Kier alpha value is -2.17. The lowest BCUT2D eigenvalue weighted by atomic mass is 10.0. The van der Waals surface area contributed by atoms with Crippen LogP contribution in [0.25, 0.3) is 0 Å². The van der Waals surface area contributed by atoms with Crippen molar-refractivity contribution in [3.05, 3.63) is 29.3 Å². The molecule has 28 heavy (non-hydrogen) atoms. The smallest absolute Gasteiger partial charge is 0.324 e. The van der Waals surface area contributed by atoms with Crippen LogP contribution < -0.4 is 10.0 Å². The van der Waals surface area contributed by atoms with Crippen molar-refractivity contribution in [2.75, 3.05) is 26.2 Å². The Balaban J connectivity index is 1.46. The number of nitrogens with zero attached hydrogens (tertiary/aromatic N) is 2. The van der Waals surface area contributed by atoms with Gasteiger partial charge in [0.15, 0.2) is 0 Å². The lowest BCUT2D eigenvalue weighted by Crippen LogP contribution is -2.49. The standard InChI is InChI=1S/C17H21ClN4O5S/c18-12-2-1-3-14(10-12)28(26,27)20-7-4-15(23)21-8-5-13(6-9-21)22-16(24)11-19-17(22)25/h1-3,10,13,20H,4-9,11H2,(H,19,25). The quantitative estimate of drug-likeness (QED) is 0.642. The number of benzene rings is 1. The summed E-state index contributed by atoms with van der Waals surface area (Å²) in [6.07, 6.45) is 1.05. The van der Waals surface area contributed by atoms with Crippen LogP contribution in [0, 0.1) is 0 Å². The van der Waals surface area contributed by atoms with E-state index in [0.29, 0.717) is 31.0 Å². The molecule has 2 aliphatic rings. The van der Waals surface area contributed by atoms with E-state index < -0.39 is 10.0 Å². The fraction of sp³-hybridized carbons (Fsp3) is 0.471. The summed E-state index contributed by atoms with van der Waals surface area (Å²) in [5.41, 5.74) is 0. The molecule has 0 bridgehead atoms. The van der Waals surface area contributed by atoms with E-state index in [1.807, 2.05) is 0 Å². The fourth-order valence-electron chi connectivity index (χ4n) is 3.35. The minimum Gasteiger partial charge on any atom is -0.343 e. The number of piperidine rings is 1. The highest BCUT2D eigenvalue weighted by molar-refractivity contribution is 7.89. The topological polar surface area (TPSA) is 116 Å². The molecule has 11 heteroatoms. The van der Waals surface area contributed by atoms with E-state index in [9.17, 15) is 22.8 Å². The number of likely N-dealkylation sites (tertiary alicyclic amines) is 1. The lowest BCUT2D eigenvalue weighted by molar-refractivity contribution is -0.133. The molecule has 1 aromatic carbocycles. The molecule has 0 aromatic heterocycles. The Labute approximate surface area is 168 Å². The van der Waals surface area contributed by atoms with Gasteiger partial charge < -0.3 is 10.2 Å². The SMILES string of the molecule is O=C(CCNS(=O)(=O)c1cccc(Cl)c1)N1CCC(N2C(=O)CNC2=O)CC1. The van der Waals surface area contributed by atoms with Gasteiger partial charge in [-0.1, -0.05) is 17.7 Å². The second-order valence-electron chi connectivity index (χ2n) is 6.64. The zero-order chi connectivity index (χ0) is 20.3. The number of carbonyl (C=O) groups excluding carboxylic acids is 3. The molecule has 2 saturated heterocycles. The van der Waals surface area contributed by atoms with Crippen molar-refractivity contribution in [1.29, 1.82) is 0 Å². The maximum Gasteiger partial charge on any atom is 0.324 e. The average Bonchev–Trinajstić information content (AvgIpc) is 3.00. The first-order valence-corrected chi connectivity index (χ1v) is 10.8. The zero-order valence-corrected chi connectivity index (χ0v) is 16.6. The normalized spacial score (nSPS) is 18.5. The molecule has 3 rings (SSSR count). The largest absolute Gasteiger partial charge is 0.343 e. The number of hydrogen-bond donors (Lipinski definition) is 2. The molecule has 0 spiro atoms. The summed E-state index contributed by atoms with van der Waals surface area (Å²) in [4.78, 5) is 38.7. The number of nitrogens with one attached hydrogen (secondary N) is 2. The van der Waals surface area contributed by atoms with Gasteiger partial charge in [-0.25, -0.2) is 17.9 Å². The summed E-state index contributed by atoms with van der Waals surface area (Å²) >= 11 is 5.81. The van der Waals surface area contributed by atoms with Crippen molar-refractivity contribution < 1.29 is 22.8 Å². The molecular formula is C17H21ClN4O5S. The molecule has 0 radical (unpaired) electrons. The fourth-order valence-corrected chi connectivity index (χ4v) is 4.68. The average molecular weight is 429 g/mol. The van der Waals surface area contributed by atoms with Crippen molar-refractivity contribution in [2.45, 2.75) is 30.2 Å². The van der Waals surface area contributed by atoms with E-state index >= 15 is 0 Å². The Morgan fingerprint density at radius 2 is 1.96 bits per heavy atom. The summed E-state index contributed by atoms with van der Waals surface area (Å²) in [5, 5.41) is 2.81. The van der Waals surface area contributed by atoms with E-state index in [0.717, 1.165) is 0 Å². The van der Waals surface area contributed by atoms with Crippen LogP contribution in [0.5, 0.6) is 0 Å². The van der Waals surface area contributed by atoms with E-state index in [1.54, 1.807) is 11.0 Å². The molecule has 2 aliphatic heterocycles. The van der Waals surface area contributed by atoms with Gasteiger partial charge in [0.05, 0.1) is 11.4 Å². The van der Waals surface area contributed by atoms with Crippen molar-refractivity contribution >= 4 is 39.5 Å². The number of imide groups is 1. The van der Waals surface area contributed by atoms with Crippen LogP contribution in [-0.4, -0.2) is 68.3 Å². The van der Waals surface area contributed by atoms with Gasteiger partial charge in [-0.2, -0.15) is 0 Å². The van der Waals surface area contributed by atoms with Gasteiger partial charge in [-0.15, -0.1) is 0 Å². The van der Waals surface area contributed by atoms with Gasteiger partial charge >= 0.3 is 6.03 Å². The van der Waals surface area contributed by atoms with Crippen LogP contribution >= 0.6 is 11.6 Å². The van der Waals surface area contributed by atoms with E-state index in [1.165, 1.54) is 23.1 Å². The van der Waals surface area contributed by atoms with Crippen LogP contribution in [0.1, 0.15) is 19.3 Å². The van der Waals surface area contributed by atoms with Crippen LogP contribution in [0.2, 0.25) is 5.02 Å². The third-order valence-corrected chi connectivity index (χ3v) is 6.49. The Morgan fingerprint density at radius 3 is 2.57 bits per heavy atom. The second kappa shape index (κ2) is 8.46. The van der Waals surface area contributed by atoms with Crippen molar-refractivity contribution in [3.63, 3.8) is 0 Å². The Morgan fingerprint density at radius 1 is 1.25 bits per heavy atom. The number of hydrogen-bond acceptors (Lipinski definition) is 5. The summed E-state index contributed by atoms with van der Waals surface area (Å²) in [6.45, 7) is 0.828. The lowest BCUT2D eigenvalue weighted by Gasteiger charge is -2.35. The Bertz CT molecular complexity index is 867. The van der Waals surface area contributed by atoms with Gasteiger partial charge in [0.2, 0.25) is 21.8 Å². The molecule has 2 fully saturated rings. The molecule has 9 nitrogen and oxygen atoms in total. The zero-order valence-electron chi connectivity index (χ0n) is 15.1. The van der Waals surface area contributed by atoms with Crippen LogP contribution in [-0.2, 0) is 19.6 Å². The van der Waals surface area contributed by atoms with Gasteiger partial charge in [0, 0.05) is 37.1 Å². The van der Waals surface area contributed by atoms with Gasteiger partial charge in [-0.3, -0.25) is 14.5 Å². The molecule has 1 aromatic rings. The summed E-state index contributed by atoms with van der Waals surface area (Å²) in [7, 11) is -3.74. The summed E-state index contributed by atoms with van der Waals surface area (Å²) in [6, 6.07) is 5.29. The third kappa shape index (κ3) is 4.62. The van der Waals surface area contributed by atoms with Crippen LogP contribution in [0.15, 0.2) is 29.2 Å². The number of urea groups is 1. The van der Waals surface area contributed by atoms with E-state index in [-0.39, 0.29) is 48.3 Å². The first kappa shape index (κ1) is 20.6. The number of carbonyl (C=O) groups is 3. The molecule has 2 N–H and O–H groups in total. The number of halogens is 1. The first-order valence-electron chi connectivity index (χ1n) is 8.91. The molecule has 0 unspecified atom stereocenters. The minimum atomic E-state index is -3.74. The predicted octanol–water partition coefficient (Wildman–Crippen LogP) is 0.551. The van der Waals surface area contributed by atoms with E-state index in [4.69, 9.17) is 11.6 Å². The molecule has 2 heterocycles. The highest BCUT2D eigenvalue weighted by atomic mass is 35.5. The van der Waals surface area contributed by atoms with Crippen LogP contribution in [0.3, 0.4) is 0 Å². The number of amides is 4. The first-order chi connectivity index (χ1) is 13.3. The molecule has 152 valence electrons. The summed E-state index contributed by atoms with van der Waals surface area (Å²) in [5.74, 6) is -0.422. The molecule has 0 atom stereocenters. The van der Waals surface area contributed by atoms with Gasteiger partial charge in [0.1, 0.15) is 0 Å². The third-order valence-electron chi connectivity index (χ3n) is 4.80. The highest BCUT2D eigenvalue weighted by Crippen LogP contribution is 2.20. The monoisotopic (exact) mass is 428 g/mol. The summed E-state index contributed by atoms with van der Waals surface area (Å²) < 4.78 is 26.8. The molecule has 0 saturated carbocycles. The van der Waals surface area contributed by atoms with Gasteiger partial charge in [0.25, 0.3) is 0 Å². The maximum absolute atomic E-state index is 12.3. The number of sulfonamides is 1. The maximum atomic E-state index is 12.3. The van der Waals surface area contributed by atoms with Crippen molar-refractivity contribution in [3.8, 4) is 0 Å². The predicted molar refractivity (Wildman–Crippen MR) is 101 cm³/mol. The van der Waals surface area contributed by atoms with Gasteiger partial charge in [-0.05, 0) is 31.0 Å². The molecule has 4 amide bonds. The van der Waals surface area contributed by atoms with Crippen molar-refractivity contribution in [2.24, 2.45) is 0 Å². The number of rotatable bonds is 6. The van der Waals surface area contributed by atoms with Crippen LogP contribution in [0.4, 0.5) is 4.79 Å². The molecule has 0 aliphatic carbocycles. The minimum absolute atomic E-state index is 0.0186. The highest BCUT2D eigenvalue weighted by Gasteiger charge is 2.37. The van der Waals surface area contributed by atoms with E-state index in [2.05, 4.69) is 10.0 Å². The van der Waals surface area contributed by atoms with Crippen molar-refractivity contribution in [1.82, 2.24) is 19.8 Å². The Kier molecular flexibility index (Phi) is 6.21. The second-order valence-corrected chi connectivity index (χ2v) is 8.84. The molecular weight excluding hydrogens is 408 g/mol.